The minimum atomic E-state index is -0.284. The fraction of sp³-hybridized carbons (Fsp3) is 0.316. The Kier molecular flexibility index (Phi) is 6.18. The first-order valence-corrected chi connectivity index (χ1v) is 7.76. The van der Waals surface area contributed by atoms with Gasteiger partial charge in [0.05, 0.1) is 13.2 Å². The zero-order valence-corrected chi connectivity index (χ0v) is 13.9. The van der Waals surface area contributed by atoms with Gasteiger partial charge in [0.25, 0.3) is 0 Å². The van der Waals surface area contributed by atoms with E-state index in [4.69, 9.17) is 4.74 Å². The molecule has 4 heteroatoms. The van der Waals surface area contributed by atoms with Gasteiger partial charge in [0.15, 0.2) is 0 Å². The van der Waals surface area contributed by atoms with Gasteiger partial charge in [0.1, 0.15) is 5.75 Å². The fourth-order valence-corrected chi connectivity index (χ4v) is 2.51. The van der Waals surface area contributed by atoms with Crippen molar-refractivity contribution in [3.8, 4) is 5.75 Å². The summed E-state index contributed by atoms with van der Waals surface area (Å²) in [5.74, 6) is 0.827. The molecule has 4 nitrogen and oxygen atoms in total. The highest BCUT2D eigenvalue weighted by molar-refractivity contribution is 5.81. The highest BCUT2D eigenvalue weighted by Crippen LogP contribution is 2.20. The SMILES string of the molecule is CNC(=O)C(Cc1ccccc1)NCc1ccc(C)cc1OC. The minimum absolute atomic E-state index is 0.0140. The van der Waals surface area contributed by atoms with Crippen molar-refractivity contribution >= 4 is 5.91 Å². The molecule has 0 aliphatic carbocycles. The number of carbonyl (C=O) groups is 1. The Bertz CT molecular complexity index is 641. The number of hydrogen-bond acceptors (Lipinski definition) is 3. The Labute approximate surface area is 137 Å². The first-order chi connectivity index (χ1) is 11.1. The molecule has 2 rings (SSSR count). The van der Waals surface area contributed by atoms with Crippen LogP contribution < -0.4 is 15.4 Å². The number of benzene rings is 2. The van der Waals surface area contributed by atoms with Gasteiger partial charge >= 0.3 is 0 Å². The third-order valence-electron chi connectivity index (χ3n) is 3.83. The van der Waals surface area contributed by atoms with Crippen LogP contribution in [-0.2, 0) is 17.8 Å². The zero-order chi connectivity index (χ0) is 16.7. The minimum Gasteiger partial charge on any atom is -0.496 e. The first-order valence-electron chi connectivity index (χ1n) is 7.76. The van der Waals surface area contributed by atoms with Crippen LogP contribution in [0.15, 0.2) is 48.5 Å². The zero-order valence-electron chi connectivity index (χ0n) is 13.9. The summed E-state index contributed by atoms with van der Waals surface area (Å²) in [6, 6.07) is 15.8. The molecule has 0 aromatic heterocycles. The lowest BCUT2D eigenvalue weighted by Crippen LogP contribution is -2.44. The molecular formula is C19H24N2O2. The van der Waals surface area contributed by atoms with Crippen LogP contribution in [0.3, 0.4) is 0 Å². The van der Waals surface area contributed by atoms with Gasteiger partial charge < -0.3 is 15.4 Å². The van der Waals surface area contributed by atoms with Gasteiger partial charge in [-0.15, -0.1) is 0 Å². The maximum absolute atomic E-state index is 12.1. The topological polar surface area (TPSA) is 50.4 Å². The van der Waals surface area contributed by atoms with Gasteiger partial charge in [0.2, 0.25) is 5.91 Å². The molecule has 1 amide bonds. The lowest BCUT2D eigenvalue weighted by molar-refractivity contribution is -0.122. The molecule has 0 radical (unpaired) electrons. The van der Waals surface area contributed by atoms with E-state index >= 15 is 0 Å². The van der Waals surface area contributed by atoms with Crippen molar-refractivity contribution in [2.45, 2.75) is 25.9 Å². The average molecular weight is 312 g/mol. The average Bonchev–Trinajstić information content (AvgIpc) is 2.59. The molecule has 0 saturated carbocycles. The molecule has 0 fully saturated rings. The monoisotopic (exact) mass is 312 g/mol. The standard InChI is InChI=1S/C19H24N2O2/c1-14-9-10-16(18(11-14)23-3)13-21-17(19(22)20-2)12-15-7-5-4-6-8-15/h4-11,17,21H,12-13H2,1-3H3,(H,20,22). The van der Waals surface area contributed by atoms with Crippen LogP contribution in [0.4, 0.5) is 0 Å². The number of ether oxygens (including phenoxy) is 1. The Morgan fingerprint density at radius 2 is 1.91 bits per heavy atom. The summed E-state index contributed by atoms with van der Waals surface area (Å²) in [5, 5.41) is 6.06. The van der Waals surface area contributed by atoms with Gasteiger partial charge in [-0.25, -0.2) is 0 Å². The summed E-state index contributed by atoms with van der Waals surface area (Å²) in [5.41, 5.74) is 3.32. The summed E-state index contributed by atoms with van der Waals surface area (Å²) in [6.07, 6.45) is 0.648. The quantitative estimate of drug-likeness (QED) is 0.826. The van der Waals surface area contributed by atoms with E-state index in [2.05, 4.69) is 10.6 Å². The van der Waals surface area contributed by atoms with Crippen molar-refractivity contribution in [3.05, 3.63) is 65.2 Å². The van der Waals surface area contributed by atoms with E-state index in [-0.39, 0.29) is 11.9 Å². The second-order valence-electron chi connectivity index (χ2n) is 5.55. The van der Waals surface area contributed by atoms with Gasteiger partial charge in [-0.3, -0.25) is 4.79 Å². The normalized spacial score (nSPS) is 11.8. The molecule has 2 aromatic rings. The molecule has 1 atom stereocenters. The van der Waals surface area contributed by atoms with E-state index in [0.29, 0.717) is 13.0 Å². The number of nitrogens with one attached hydrogen (secondary N) is 2. The van der Waals surface area contributed by atoms with Crippen molar-refractivity contribution in [3.63, 3.8) is 0 Å². The molecule has 23 heavy (non-hydrogen) atoms. The Hall–Kier alpha value is -2.33. The maximum Gasteiger partial charge on any atom is 0.237 e. The highest BCUT2D eigenvalue weighted by Gasteiger charge is 2.17. The van der Waals surface area contributed by atoms with E-state index in [0.717, 1.165) is 22.4 Å². The van der Waals surface area contributed by atoms with Crippen molar-refractivity contribution in [1.29, 1.82) is 0 Å². The number of hydrogen-bond donors (Lipinski definition) is 2. The summed E-state index contributed by atoms with van der Waals surface area (Å²) in [7, 11) is 3.33. The van der Waals surface area contributed by atoms with Crippen LogP contribution in [-0.4, -0.2) is 26.1 Å². The largest absolute Gasteiger partial charge is 0.496 e. The van der Waals surface area contributed by atoms with Crippen LogP contribution in [0.1, 0.15) is 16.7 Å². The van der Waals surface area contributed by atoms with Gasteiger partial charge in [0, 0.05) is 19.2 Å². The second-order valence-corrected chi connectivity index (χ2v) is 5.55. The molecular weight excluding hydrogens is 288 g/mol. The number of carbonyl (C=O) groups excluding carboxylic acids is 1. The van der Waals surface area contributed by atoms with Crippen molar-refractivity contribution in [2.75, 3.05) is 14.2 Å². The van der Waals surface area contributed by atoms with E-state index in [1.54, 1.807) is 14.2 Å². The Balaban J connectivity index is 2.08. The van der Waals surface area contributed by atoms with Gasteiger partial charge in [-0.05, 0) is 30.5 Å². The molecule has 2 N–H and O–H groups in total. The number of likely N-dealkylation sites (N-methyl/N-ethyl adjacent to an activating group) is 1. The van der Waals surface area contributed by atoms with Crippen molar-refractivity contribution in [1.82, 2.24) is 10.6 Å². The molecule has 122 valence electrons. The van der Waals surface area contributed by atoms with E-state index < -0.39 is 0 Å². The number of amides is 1. The predicted octanol–water partition coefficient (Wildman–Crippen LogP) is 2.45. The molecule has 0 bridgehead atoms. The summed E-state index contributed by atoms with van der Waals surface area (Å²) in [4.78, 5) is 12.1. The third kappa shape index (κ3) is 4.83. The Morgan fingerprint density at radius 3 is 2.57 bits per heavy atom. The van der Waals surface area contributed by atoms with Crippen LogP contribution >= 0.6 is 0 Å². The third-order valence-corrected chi connectivity index (χ3v) is 3.83. The van der Waals surface area contributed by atoms with Crippen LogP contribution in [0.25, 0.3) is 0 Å². The number of aryl methyl sites for hydroxylation is 1. The molecule has 2 aromatic carbocycles. The second kappa shape index (κ2) is 8.34. The van der Waals surface area contributed by atoms with Crippen LogP contribution in [0, 0.1) is 6.92 Å². The number of rotatable bonds is 7. The summed E-state index contributed by atoms with van der Waals surface area (Å²) >= 11 is 0. The summed E-state index contributed by atoms with van der Waals surface area (Å²) in [6.45, 7) is 2.61. The predicted molar refractivity (Wildman–Crippen MR) is 92.6 cm³/mol. The van der Waals surface area contributed by atoms with Crippen LogP contribution in [0.5, 0.6) is 5.75 Å². The first kappa shape index (κ1) is 17.0. The lowest BCUT2D eigenvalue weighted by Gasteiger charge is -2.18. The van der Waals surface area contributed by atoms with Crippen LogP contribution in [0.2, 0.25) is 0 Å². The maximum atomic E-state index is 12.1. The van der Waals surface area contributed by atoms with E-state index in [1.807, 2.05) is 55.5 Å². The molecule has 0 spiro atoms. The highest BCUT2D eigenvalue weighted by atomic mass is 16.5. The van der Waals surface area contributed by atoms with Crippen molar-refractivity contribution in [2.24, 2.45) is 0 Å². The lowest BCUT2D eigenvalue weighted by atomic mass is 10.0. The molecule has 1 unspecified atom stereocenters. The number of methoxy groups -OCH3 is 1. The molecule has 0 heterocycles. The smallest absolute Gasteiger partial charge is 0.237 e. The van der Waals surface area contributed by atoms with Gasteiger partial charge in [-0.2, -0.15) is 0 Å². The molecule has 0 saturated heterocycles. The fourth-order valence-electron chi connectivity index (χ4n) is 2.51. The Morgan fingerprint density at radius 1 is 1.17 bits per heavy atom. The van der Waals surface area contributed by atoms with E-state index in [1.165, 1.54) is 0 Å². The molecule has 0 aliphatic rings. The van der Waals surface area contributed by atoms with Gasteiger partial charge in [-0.1, -0.05) is 42.5 Å². The molecule has 0 aliphatic heterocycles. The summed E-state index contributed by atoms with van der Waals surface area (Å²) < 4.78 is 5.42. The van der Waals surface area contributed by atoms with E-state index in [9.17, 15) is 4.79 Å². The van der Waals surface area contributed by atoms with Crippen molar-refractivity contribution < 1.29 is 9.53 Å².